The Labute approximate surface area is 154 Å². The third-order valence-electron chi connectivity index (χ3n) is 4.61. The van der Waals surface area contributed by atoms with E-state index in [1.807, 2.05) is 25.7 Å². The summed E-state index contributed by atoms with van der Waals surface area (Å²) >= 11 is 1.46. The highest BCUT2D eigenvalue weighted by molar-refractivity contribution is 7.15. The molecule has 0 aromatic carbocycles. The van der Waals surface area contributed by atoms with Crippen LogP contribution in [0.25, 0.3) is 0 Å². The molecule has 2 rings (SSSR count). The minimum Gasteiger partial charge on any atom is -0.342 e. The lowest BCUT2D eigenvalue weighted by Crippen LogP contribution is -2.45. The van der Waals surface area contributed by atoms with E-state index in [2.05, 4.69) is 29.4 Å². The molecule has 1 aromatic rings. The molecule has 0 spiro atoms. The summed E-state index contributed by atoms with van der Waals surface area (Å²) in [6.07, 6.45) is 3.58. The first-order chi connectivity index (χ1) is 11.7. The van der Waals surface area contributed by atoms with Gasteiger partial charge in [-0.2, -0.15) is 0 Å². The molecule has 25 heavy (non-hydrogen) atoms. The molecular formula is C18H30N4O2S. The summed E-state index contributed by atoms with van der Waals surface area (Å²) < 4.78 is 0. The largest absolute Gasteiger partial charge is 0.342 e. The Balaban J connectivity index is 1.86. The molecule has 1 fully saturated rings. The fourth-order valence-corrected chi connectivity index (χ4v) is 3.90. The summed E-state index contributed by atoms with van der Waals surface area (Å²) in [5.74, 6) is 0.461. The van der Waals surface area contributed by atoms with Crippen LogP contribution in [0.1, 0.15) is 71.2 Å². The first kappa shape index (κ1) is 19.8. The topological polar surface area (TPSA) is 75.2 Å². The number of likely N-dealkylation sites (tertiary alicyclic amines) is 1. The van der Waals surface area contributed by atoms with Crippen molar-refractivity contribution in [2.24, 2.45) is 11.3 Å². The zero-order valence-electron chi connectivity index (χ0n) is 16.0. The van der Waals surface area contributed by atoms with Gasteiger partial charge in [-0.25, -0.2) is 0 Å². The quantitative estimate of drug-likeness (QED) is 0.863. The van der Waals surface area contributed by atoms with Crippen molar-refractivity contribution in [2.45, 2.75) is 66.2 Å². The highest BCUT2D eigenvalue weighted by Gasteiger charge is 2.32. The number of hydrogen-bond acceptors (Lipinski definition) is 5. The fraction of sp³-hybridized carbons (Fsp3) is 0.778. The average Bonchev–Trinajstić information content (AvgIpc) is 3.02. The maximum atomic E-state index is 12.5. The summed E-state index contributed by atoms with van der Waals surface area (Å²) in [5, 5.41) is 12.8. The molecule has 1 atom stereocenters. The SMILES string of the molecule is CCCC(C)c1nnc(NC(=O)C2CCN(C(=O)C(C)(C)C)CC2)s1. The van der Waals surface area contributed by atoms with Crippen LogP contribution in [0.15, 0.2) is 0 Å². The van der Waals surface area contributed by atoms with Gasteiger partial charge in [-0.15, -0.1) is 10.2 Å². The molecule has 2 heterocycles. The molecule has 0 saturated carbocycles. The van der Waals surface area contributed by atoms with E-state index in [4.69, 9.17) is 0 Å². The standard InChI is InChI=1S/C18H30N4O2S/c1-6-7-12(2)15-20-21-17(25-15)19-14(23)13-8-10-22(11-9-13)16(24)18(3,4)5/h12-13H,6-11H2,1-5H3,(H,19,21,23). The molecule has 0 aliphatic carbocycles. The molecule has 6 nitrogen and oxygen atoms in total. The molecule has 1 aliphatic heterocycles. The van der Waals surface area contributed by atoms with Crippen LogP contribution in [0.3, 0.4) is 0 Å². The summed E-state index contributed by atoms with van der Waals surface area (Å²) in [4.78, 5) is 26.7. The Morgan fingerprint density at radius 1 is 1.28 bits per heavy atom. The second kappa shape index (κ2) is 8.25. The van der Waals surface area contributed by atoms with Gasteiger partial charge < -0.3 is 10.2 Å². The van der Waals surface area contributed by atoms with Crippen LogP contribution >= 0.6 is 11.3 Å². The van der Waals surface area contributed by atoms with Crippen LogP contribution in [0, 0.1) is 11.3 Å². The van der Waals surface area contributed by atoms with Crippen LogP contribution in [-0.2, 0) is 9.59 Å². The molecule has 0 radical (unpaired) electrons. The van der Waals surface area contributed by atoms with Gasteiger partial charge in [-0.1, -0.05) is 52.4 Å². The van der Waals surface area contributed by atoms with Crippen molar-refractivity contribution >= 4 is 28.3 Å². The highest BCUT2D eigenvalue weighted by atomic mass is 32.1. The number of piperidine rings is 1. The predicted molar refractivity (Wildman–Crippen MR) is 101 cm³/mol. The Morgan fingerprint density at radius 3 is 2.48 bits per heavy atom. The average molecular weight is 367 g/mol. The van der Waals surface area contributed by atoms with Crippen LogP contribution in [0.4, 0.5) is 5.13 Å². The van der Waals surface area contributed by atoms with E-state index < -0.39 is 0 Å². The van der Waals surface area contributed by atoms with E-state index in [-0.39, 0.29) is 23.1 Å². The van der Waals surface area contributed by atoms with Gasteiger partial charge in [0.15, 0.2) is 0 Å². The van der Waals surface area contributed by atoms with E-state index in [0.717, 1.165) is 17.8 Å². The van der Waals surface area contributed by atoms with E-state index >= 15 is 0 Å². The van der Waals surface area contributed by atoms with Gasteiger partial charge in [-0.3, -0.25) is 9.59 Å². The number of carbonyl (C=O) groups is 2. The van der Waals surface area contributed by atoms with Crippen LogP contribution in [-0.4, -0.2) is 40.0 Å². The molecule has 1 aliphatic rings. The van der Waals surface area contributed by atoms with E-state index in [1.165, 1.54) is 11.3 Å². The molecule has 7 heteroatoms. The van der Waals surface area contributed by atoms with Gasteiger partial charge >= 0.3 is 0 Å². The van der Waals surface area contributed by atoms with Crippen LogP contribution in [0.2, 0.25) is 0 Å². The molecule has 1 aromatic heterocycles. The Kier molecular flexibility index (Phi) is 6.54. The number of rotatable bonds is 5. The van der Waals surface area contributed by atoms with E-state index in [1.54, 1.807) is 0 Å². The van der Waals surface area contributed by atoms with Gasteiger partial charge in [0.25, 0.3) is 0 Å². The third-order valence-corrected chi connectivity index (χ3v) is 5.68. The van der Waals surface area contributed by atoms with Crippen molar-refractivity contribution in [2.75, 3.05) is 18.4 Å². The van der Waals surface area contributed by atoms with Crippen molar-refractivity contribution in [1.29, 1.82) is 0 Å². The second-order valence-corrected chi connectivity index (χ2v) is 8.95. The summed E-state index contributed by atoms with van der Waals surface area (Å²) in [5.41, 5.74) is -0.368. The summed E-state index contributed by atoms with van der Waals surface area (Å²) in [7, 11) is 0. The zero-order chi connectivity index (χ0) is 18.6. The molecular weight excluding hydrogens is 336 g/mol. The number of amides is 2. The monoisotopic (exact) mass is 366 g/mol. The van der Waals surface area contributed by atoms with Gasteiger partial charge in [-0.05, 0) is 19.3 Å². The maximum Gasteiger partial charge on any atom is 0.229 e. The smallest absolute Gasteiger partial charge is 0.229 e. The fourth-order valence-electron chi connectivity index (χ4n) is 3.07. The van der Waals surface area contributed by atoms with Crippen molar-refractivity contribution in [3.63, 3.8) is 0 Å². The summed E-state index contributed by atoms with van der Waals surface area (Å²) in [6, 6.07) is 0. The number of hydrogen-bond donors (Lipinski definition) is 1. The van der Waals surface area contributed by atoms with Gasteiger partial charge in [0.2, 0.25) is 16.9 Å². The first-order valence-electron chi connectivity index (χ1n) is 9.16. The lowest BCUT2D eigenvalue weighted by Gasteiger charge is -2.35. The van der Waals surface area contributed by atoms with Gasteiger partial charge in [0.05, 0.1) is 0 Å². The third kappa shape index (κ3) is 5.23. The highest BCUT2D eigenvalue weighted by Crippen LogP contribution is 2.28. The number of carbonyl (C=O) groups excluding carboxylic acids is 2. The van der Waals surface area contributed by atoms with Gasteiger partial charge in [0.1, 0.15) is 5.01 Å². The van der Waals surface area contributed by atoms with Crippen molar-refractivity contribution in [3.8, 4) is 0 Å². The molecule has 140 valence electrons. The first-order valence-corrected chi connectivity index (χ1v) is 9.97. The van der Waals surface area contributed by atoms with Gasteiger partial charge in [0, 0.05) is 30.3 Å². The van der Waals surface area contributed by atoms with E-state index in [0.29, 0.717) is 37.0 Å². The Hall–Kier alpha value is -1.50. The zero-order valence-corrected chi connectivity index (χ0v) is 16.8. The number of anilines is 1. The van der Waals surface area contributed by atoms with E-state index in [9.17, 15) is 9.59 Å². The lowest BCUT2D eigenvalue weighted by atomic mass is 9.91. The number of nitrogens with zero attached hydrogens (tertiary/aromatic N) is 3. The van der Waals surface area contributed by atoms with Crippen molar-refractivity contribution in [3.05, 3.63) is 5.01 Å². The maximum absolute atomic E-state index is 12.5. The Bertz CT molecular complexity index is 600. The Morgan fingerprint density at radius 2 is 1.92 bits per heavy atom. The molecule has 2 amide bonds. The van der Waals surface area contributed by atoms with Crippen molar-refractivity contribution in [1.82, 2.24) is 15.1 Å². The molecule has 1 saturated heterocycles. The predicted octanol–water partition coefficient (Wildman–Crippen LogP) is 3.66. The van der Waals surface area contributed by atoms with Crippen LogP contribution < -0.4 is 5.32 Å². The lowest BCUT2D eigenvalue weighted by molar-refractivity contribution is -0.142. The normalized spacial score (nSPS) is 17.4. The van der Waals surface area contributed by atoms with Crippen molar-refractivity contribution < 1.29 is 9.59 Å². The number of aromatic nitrogens is 2. The molecule has 1 unspecified atom stereocenters. The second-order valence-electron chi connectivity index (χ2n) is 7.94. The molecule has 1 N–H and O–H groups in total. The van der Waals surface area contributed by atoms with Crippen LogP contribution in [0.5, 0.6) is 0 Å². The minimum atomic E-state index is -0.368. The minimum absolute atomic E-state index is 0.00583. The number of nitrogens with one attached hydrogen (secondary N) is 1. The summed E-state index contributed by atoms with van der Waals surface area (Å²) in [6.45, 7) is 11.4. The molecule has 0 bridgehead atoms.